The number of benzene rings is 1. The smallest absolute Gasteiger partial charge is 0.231 e. The number of hydrogen-bond donors (Lipinski definition) is 1. The molecule has 0 spiro atoms. The summed E-state index contributed by atoms with van der Waals surface area (Å²) in [6.07, 6.45) is 4.46. The Labute approximate surface area is 161 Å². The second-order valence-electron chi connectivity index (χ2n) is 6.33. The topological polar surface area (TPSA) is 75.2 Å². The predicted molar refractivity (Wildman–Crippen MR) is 104 cm³/mol. The molecule has 2 aromatic rings. The van der Waals surface area contributed by atoms with Gasteiger partial charge < -0.3 is 10.2 Å². The summed E-state index contributed by atoms with van der Waals surface area (Å²) in [7, 11) is 0. The number of halogens is 1. The van der Waals surface area contributed by atoms with Crippen LogP contribution >= 0.6 is 22.9 Å². The largest absolute Gasteiger partial charge is 0.312 e. The van der Waals surface area contributed by atoms with Gasteiger partial charge in [0.15, 0.2) is 0 Å². The Morgan fingerprint density at radius 2 is 2.08 bits per heavy atom. The van der Waals surface area contributed by atoms with Gasteiger partial charge >= 0.3 is 0 Å². The number of unbranched alkanes of at least 4 members (excludes halogenated alkanes) is 2. The highest BCUT2D eigenvalue weighted by Crippen LogP contribution is 2.27. The third-order valence-electron chi connectivity index (χ3n) is 4.33. The summed E-state index contributed by atoms with van der Waals surface area (Å²) < 4.78 is 0. The fraction of sp³-hybridized carbons (Fsp3) is 0.444. The standard InChI is InChI=1S/C18H21ClN4O2S/c1-2-3-4-5-15-21-22-18(26-15)20-17(25)12-10-16(24)23(11-12)14-8-6-13(19)7-9-14/h6-9,12H,2-5,10-11H2,1H3,(H,20,22,25). The van der Waals surface area contributed by atoms with Crippen LogP contribution in [0.4, 0.5) is 10.8 Å². The fourth-order valence-corrected chi connectivity index (χ4v) is 3.80. The molecule has 0 radical (unpaired) electrons. The molecule has 26 heavy (non-hydrogen) atoms. The molecule has 1 aliphatic rings. The van der Waals surface area contributed by atoms with E-state index in [0.717, 1.165) is 36.4 Å². The van der Waals surface area contributed by atoms with Crippen molar-refractivity contribution in [2.75, 3.05) is 16.8 Å². The molecular formula is C18H21ClN4O2S. The second kappa shape index (κ2) is 8.60. The summed E-state index contributed by atoms with van der Waals surface area (Å²) in [5.41, 5.74) is 0.754. The van der Waals surface area contributed by atoms with Crippen molar-refractivity contribution in [3.63, 3.8) is 0 Å². The SMILES string of the molecule is CCCCCc1nnc(NC(=O)C2CC(=O)N(c3ccc(Cl)cc3)C2)s1. The number of aryl methyl sites for hydroxylation is 1. The summed E-state index contributed by atoms with van der Waals surface area (Å²) in [5, 5.41) is 13.0. The molecule has 1 saturated heterocycles. The van der Waals surface area contributed by atoms with Crippen LogP contribution in [0, 0.1) is 5.92 Å². The third kappa shape index (κ3) is 4.59. The first-order valence-corrected chi connectivity index (χ1v) is 9.95. The van der Waals surface area contributed by atoms with E-state index in [4.69, 9.17) is 11.6 Å². The molecule has 0 aliphatic carbocycles. The van der Waals surface area contributed by atoms with Gasteiger partial charge in [-0.3, -0.25) is 9.59 Å². The molecule has 3 rings (SSSR count). The Morgan fingerprint density at radius 1 is 1.31 bits per heavy atom. The van der Waals surface area contributed by atoms with Crippen LogP contribution in [0.25, 0.3) is 0 Å². The quantitative estimate of drug-likeness (QED) is 0.724. The fourth-order valence-electron chi connectivity index (χ4n) is 2.89. The minimum Gasteiger partial charge on any atom is -0.312 e. The van der Waals surface area contributed by atoms with Crippen LogP contribution in [0.1, 0.15) is 37.6 Å². The third-order valence-corrected chi connectivity index (χ3v) is 5.48. The normalized spacial score (nSPS) is 16.9. The molecule has 1 atom stereocenters. The van der Waals surface area contributed by atoms with Gasteiger partial charge in [0.25, 0.3) is 0 Å². The minimum absolute atomic E-state index is 0.0648. The van der Waals surface area contributed by atoms with E-state index < -0.39 is 5.92 Å². The molecule has 138 valence electrons. The van der Waals surface area contributed by atoms with Gasteiger partial charge in [0.2, 0.25) is 16.9 Å². The lowest BCUT2D eigenvalue weighted by molar-refractivity contribution is -0.122. The zero-order valence-electron chi connectivity index (χ0n) is 14.6. The molecule has 1 fully saturated rings. The predicted octanol–water partition coefficient (Wildman–Crippen LogP) is 3.92. The van der Waals surface area contributed by atoms with Gasteiger partial charge in [0.05, 0.1) is 5.92 Å². The Morgan fingerprint density at radius 3 is 2.81 bits per heavy atom. The maximum atomic E-state index is 12.5. The zero-order valence-corrected chi connectivity index (χ0v) is 16.1. The molecular weight excluding hydrogens is 372 g/mol. The van der Waals surface area contributed by atoms with E-state index in [-0.39, 0.29) is 18.2 Å². The second-order valence-corrected chi connectivity index (χ2v) is 7.83. The molecule has 8 heteroatoms. The summed E-state index contributed by atoms with van der Waals surface area (Å²) in [4.78, 5) is 26.4. The first kappa shape index (κ1) is 18.8. The highest BCUT2D eigenvalue weighted by Gasteiger charge is 2.35. The Hall–Kier alpha value is -1.99. The van der Waals surface area contributed by atoms with Crippen LogP contribution in [-0.4, -0.2) is 28.6 Å². The lowest BCUT2D eigenvalue weighted by atomic mass is 10.1. The van der Waals surface area contributed by atoms with Crippen molar-refractivity contribution in [2.24, 2.45) is 5.92 Å². The van der Waals surface area contributed by atoms with Crippen molar-refractivity contribution in [1.82, 2.24) is 10.2 Å². The number of anilines is 2. The molecule has 2 amide bonds. The Kier molecular flexibility index (Phi) is 6.21. The molecule has 1 aromatic heterocycles. The molecule has 2 heterocycles. The minimum atomic E-state index is -0.398. The molecule has 1 aliphatic heterocycles. The number of hydrogen-bond acceptors (Lipinski definition) is 5. The summed E-state index contributed by atoms with van der Waals surface area (Å²) in [5.74, 6) is -0.651. The summed E-state index contributed by atoms with van der Waals surface area (Å²) in [6, 6.07) is 7.04. The Balaban J connectivity index is 1.57. The van der Waals surface area contributed by atoms with Crippen LogP contribution in [0.5, 0.6) is 0 Å². The Bertz CT molecular complexity index is 778. The molecule has 1 unspecified atom stereocenters. The number of nitrogens with zero attached hydrogens (tertiary/aromatic N) is 3. The zero-order chi connectivity index (χ0) is 18.5. The van der Waals surface area contributed by atoms with Crippen molar-refractivity contribution in [3.05, 3.63) is 34.3 Å². The number of aromatic nitrogens is 2. The van der Waals surface area contributed by atoms with Gasteiger partial charge in [-0.1, -0.05) is 42.7 Å². The lowest BCUT2D eigenvalue weighted by Crippen LogP contribution is -2.28. The van der Waals surface area contributed by atoms with E-state index in [0.29, 0.717) is 16.7 Å². The average Bonchev–Trinajstić information content (AvgIpc) is 3.23. The molecule has 0 bridgehead atoms. The van der Waals surface area contributed by atoms with Crippen molar-refractivity contribution in [1.29, 1.82) is 0 Å². The maximum absolute atomic E-state index is 12.5. The molecule has 1 N–H and O–H groups in total. The van der Waals surface area contributed by atoms with Gasteiger partial charge in [-0.25, -0.2) is 0 Å². The number of rotatable bonds is 7. The number of carbonyl (C=O) groups excluding carboxylic acids is 2. The van der Waals surface area contributed by atoms with E-state index in [2.05, 4.69) is 22.4 Å². The van der Waals surface area contributed by atoms with Crippen molar-refractivity contribution in [3.8, 4) is 0 Å². The van der Waals surface area contributed by atoms with Gasteiger partial charge in [-0.2, -0.15) is 0 Å². The van der Waals surface area contributed by atoms with Crippen molar-refractivity contribution >= 4 is 45.6 Å². The average molecular weight is 393 g/mol. The van der Waals surface area contributed by atoms with Gasteiger partial charge in [-0.15, -0.1) is 10.2 Å². The molecule has 1 aromatic carbocycles. The first-order chi connectivity index (χ1) is 12.6. The van der Waals surface area contributed by atoms with Crippen LogP contribution in [0.3, 0.4) is 0 Å². The van der Waals surface area contributed by atoms with Crippen LogP contribution in [0.2, 0.25) is 5.02 Å². The highest BCUT2D eigenvalue weighted by molar-refractivity contribution is 7.15. The van der Waals surface area contributed by atoms with E-state index in [1.165, 1.54) is 11.3 Å². The summed E-state index contributed by atoms with van der Waals surface area (Å²) >= 11 is 7.29. The number of amides is 2. The van der Waals surface area contributed by atoms with Crippen LogP contribution in [0.15, 0.2) is 24.3 Å². The lowest BCUT2D eigenvalue weighted by Gasteiger charge is -2.16. The highest BCUT2D eigenvalue weighted by atomic mass is 35.5. The van der Waals surface area contributed by atoms with E-state index >= 15 is 0 Å². The number of carbonyl (C=O) groups is 2. The van der Waals surface area contributed by atoms with E-state index in [9.17, 15) is 9.59 Å². The van der Waals surface area contributed by atoms with E-state index in [1.807, 2.05) is 0 Å². The van der Waals surface area contributed by atoms with Gasteiger partial charge in [0.1, 0.15) is 5.01 Å². The molecule has 0 saturated carbocycles. The van der Waals surface area contributed by atoms with Gasteiger partial charge in [0, 0.05) is 30.1 Å². The first-order valence-electron chi connectivity index (χ1n) is 8.76. The summed E-state index contributed by atoms with van der Waals surface area (Å²) in [6.45, 7) is 2.51. The van der Waals surface area contributed by atoms with Crippen molar-refractivity contribution < 1.29 is 9.59 Å². The maximum Gasteiger partial charge on any atom is 0.231 e. The van der Waals surface area contributed by atoms with Crippen LogP contribution < -0.4 is 10.2 Å². The monoisotopic (exact) mass is 392 g/mol. The van der Waals surface area contributed by atoms with Crippen LogP contribution in [-0.2, 0) is 16.0 Å². The molecule has 6 nitrogen and oxygen atoms in total. The number of nitrogens with one attached hydrogen (secondary N) is 1. The van der Waals surface area contributed by atoms with Crippen molar-refractivity contribution in [2.45, 2.75) is 39.0 Å². The van der Waals surface area contributed by atoms with Gasteiger partial charge in [-0.05, 0) is 30.7 Å². The van der Waals surface area contributed by atoms with E-state index in [1.54, 1.807) is 29.2 Å².